The van der Waals surface area contributed by atoms with Crippen molar-refractivity contribution in [2.75, 3.05) is 38.7 Å². The second-order valence-corrected chi connectivity index (χ2v) is 5.59. The van der Waals surface area contributed by atoms with Gasteiger partial charge in [-0.05, 0) is 38.6 Å². The predicted octanol–water partition coefficient (Wildman–Crippen LogP) is 1.59. The molecule has 0 unspecified atom stereocenters. The number of nitrogens with one attached hydrogen (secondary N) is 1. The fourth-order valence-electron chi connectivity index (χ4n) is 2.36. The number of piperidine rings is 1. The molecule has 1 aliphatic rings. The fraction of sp³-hybridized carbons (Fsp3) is 0.917. The van der Waals surface area contributed by atoms with Crippen molar-refractivity contribution < 1.29 is 4.79 Å². The third-order valence-electron chi connectivity index (χ3n) is 3.67. The maximum Gasteiger partial charge on any atom is 0.228 e. The van der Waals surface area contributed by atoms with Crippen molar-refractivity contribution >= 4 is 17.7 Å². The number of thioether (sulfide) groups is 1. The van der Waals surface area contributed by atoms with Gasteiger partial charge in [0, 0.05) is 19.3 Å². The highest BCUT2D eigenvalue weighted by molar-refractivity contribution is 7.98. The molecule has 0 aromatic carbocycles. The lowest BCUT2D eigenvalue weighted by molar-refractivity contribution is -0.142. The van der Waals surface area contributed by atoms with Crippen molar-refractivity contribution in [3.63, 3.8) is 0 Å². The van der Waals surface area contributed by atoms with Gasteiger partial charge in [0.05, 0.1) is 5.41 Å². The van der Waals surface area contributed by atoms with E-state index in [0.29, 0.717) is 5.91 Å². The van der Waals surface area contributed by atoms with Crippen LogP contribution in [0.5, 0.6) is 0 Å². The Hall–Kier alpha value is -0.220. The first-order valence-corrected chi connectivity index (χ1v) is 7.51. The third kappa shape index (κ3) is 3.14. The Labute approximate surface area is 103 Å². The van der Waals surface area contributed by atoms with Gasteiger partial charge >= 0.3 is 0 Å². The minimum absolute atomic E-state index is 0.0849. The molecule has 1 aliphatic heterocycles. The highest BCUT2D eigenvalue weighted by Crippen LogP contribution is 2.34. The Morgan fingerprint density at radius 2 is 2.06 bits per heavy atom. The first-order chi connectivity index (χ1) is 7.66. The van der Waals surface area contributed by atoms with Crippen LogP contribution in [-0.2, 0) is 4.79 Å². The molecule has 0 bridgehead atoms. The third-order valence-corrected chi connectivity index (χ3v) is 4.26. The molecule has 94 valence electrons. The molecule has 0 saturated carbocycles. The summed E-state index contributed by atoms with van der Waals surface area (Å²) >= 11 is 1.79. The van der Waals surface area contributed by atoms with Gasteiger partial charge in [0.1, 0.15) is 0 Å². The summed E-state index contributed by atoms with van der Waals surface area (Å²) in [5.74, 6) is 1.38. The first-order valence-electron chi connectivity index (χ1n) is 6.11. The molecular formula is C12H24N2OS. The van der Waals surface area contributed by atoms with E-state index in [1.807, 2.05) is 11.9 Å². The van der Waals surface area contributed by atoms with E-state index in [4.69, 9.17) is 0 Å². The molecule has 0 atom stereocenters. The number of amides is 1. The van der Waals surface area contributed by atoms with E-state index in [1.165, 1.54) is 0 Å². The number of carbonyl (C=O) groups excluding carboxylic acids is 1. The zero-order valence-corrected chi connectivity index (χ0v) is 11.5. The molecule has 0 radical (unpaired) electrons. The molecule has 1 heterocycles. The van der Waals surface area contributed by atoms with Gasteiger partial charge in [0.2, 0.25) is 5.91 Å². The fourth-order valence-corrected chi connectivity index (χ4v) is 2.82. The molecule has 0 spiro atoms. The van der Waals surface area contributed by atoms with Gasteiger partial charge in [-0.25, -0.2) is 0 Å². The summed E-state index contributed by atoms with van der Waals surface area (Å²) in [5, 5.41) is 3.34. The normalized spacial score (nSPS) is 19.4. The van der Waals surface area contributed by atoms with Crippen LogP contribution in [0.2, 0.25) is 0 Å². The average Bonchev–Trinajstić information content (AvgIpc) is 2.35. The van der Waals surface area contributed by atoms with E-state index in [9.17, 15) is 4.79 Å². The number of rotatable bonds is 5. The van der Waals surface area contributed by atoms with Crippen LogP contribution >= 0.6 is 11.8 Å². The summed E-state index contributed by atoms with van der Waals surface area (Å²) in [6, 6.07) is 0. The van der Waals surface area contributed by atoms with Gasteiger partial charge in [0.25, 0.3) is 0 Å². The van der Waals surface area contributed by atoms with Crippen molar-refractivity contribution in [3.8, 4) is 0 Å². The van der Waals surface area contributed by atoms with Crippen LogP contribution in [0.15, 0.2) is 0 Å². The van der Waals surface area contributed by atoms with Gasteiger partial charge in [0.15, 0.2) is 0 Å². The lowest BCUT2D eigenvalue weighted by atomic mass is 9.75. The lowest BCUT2D eigenvalue weighted by Crippen LogP contribution is -2.48. The standard InChI is InChI=1S/C12H24N2OS/c1-4-12(5-7-13-8-6-12)11(15)14(2)9-10-16-3/h13H,4-10H2,1-3H3. The van der Waals surface area contributed by atoms with Crippen molar-refractivity contribution in [1.29, 1.82) is 0 Å². The monoisotopic (exact) mass is 244 g/mol. The molecule has 1 N–H and O–H groups in total. The van der Waals surface area contributed by atoms with E-state index in [2.05, 4.69) is 18.5 Å². The molecule has 0 aromatic rings. The van der Waals surface area contributed by atoms with Gasteiger partial charge < -0.3 is 10.2 Å². The Balaban J connectivity index is 2.60. The zero-order valence-electron chi connectivity index (χ0n) is 10.7. The molecule has 0 aromatic heterocycles. The first kappa shape index (κ1) is 13.8. The van der Waals surface area contributed by atoms with Crippen molar-refractivity contribution in [2.45, 2.75) is 26.2 Å². The largest absolute Gasteiger partial charge is 0.344 e. The van der Waals surface area contributed by atoms with Gasteiger partial charge in [-0.2, -0.15) is 11.8 Å². The summed E-state index contributed by atoms with van der Waals surface area (Å²) in [4.78, 5) is 14.4. The summed E-state index contributed by atoms with van der Waals surface area (Å²) in [6.45, 7) is 4.98. The van der Waals surface area contributed by atoms with Crippen molar-refractivity contribution in [3.05, 3.63) is 0 Å². The summed E-state index contributed by atoms with van der Waals surface area (Å²) in [7, 11) is 1.94. The quantitative estimate of drug-likeness (QED) is 0.797. The Morgan fingerprint density at radius 3 is 2.56 bits per heavy atom. The zero-order chi connectivity index (χ0) is 12.0. The van der Waals surface area contributed by atoms with E-state index >= 15 is 0 Å². The summed E-state index contributed by atoms with van der Waals surface area (Å²) < 4.78 is 0. The van der Waals surface area contributed by atoms with Crippen LogP contribution in [0, 0.1) is 5.41 Å². The van der Waals surface area contributed by atoms with Crippen LogP contribution in [-0.4, -0.2) is 49.5 Å². The highest BCUT2D eigenvalue weighted by Gasteiger charge is 2.39. The van der Waals surface area contributed by atoms with Crippen LogP contribution in [0.3, 0.4) is 0 Å². The number of hydrogen-bond acceptors (Lipinski definition) is 3. The summed E-state index contributed by atoms with van der Waals surface area (Å²) in [5.41, 5.74) is -0.0849. The van der Waals surface area contributed by atoms with E-state index < -0.39 is 0 Å². The highest BCUT2D eigenvalue weighted by atomic mass is 32.2. The number of carbonyl (C=O) groups is 1. The second-order valence-electron chi connectivity index (χ2n) is 4.60. The molecule has 3 nitrogen and oxygen atoms in total. The smallest absolute Gasteiger partial charge is 0.228 e. The van der Waals surface area contributed by atoms with Crippen LogP contribution in [0.4, 0.5) is 0 Å². The molecule has 1 saturated heterocycles. The Morgan fingerprint density at radius 1 is 1.44 bits per heavy atom. The van der Waals surface area contributed by atoms with Crippen molar-refractivity contribution in [2.24, 2.45) is 5.41 Å². The number of hydrogen-bond donors (Lipinski definition) is 1. The van der Waals surface area contributed by atoms with Crippen molar-refractivity contribution in [1.82, 2.24) is 10.2 Å². The van der Waals surface area contributed by atoms with Gasteiger partial charge in [-0.15, -0.1) is 0 Å². The molecule has 0 aliphatic carbocycles. The Bertz CT molecular complexity index is 227. The summed E-state index contributed by atoms with van der Waals surface area (Å²) in [6.07, 6.45) is 5.04. The van der Waals surface area contributed by atoms with Gasteiger partial charge in [-0.3, -0.25) is 4.79 Å². The molecule has 1 amide bonds. The van der Waals surface area contributed by atoms with E-state index in [1.54, 1.807) is 11.8 Å². The second kappa shape index (κ2) is 6.50. The predicted molar refractivity (Wildman–Crippen MR) is 70.8 cm³/mol. The van der Waals surface area contributed by atoms with E-state index in [0.717, 1.165) is 44.6 Å². The minimum Gasteiger partial charge on any atom is -0.344 e. The average molecular weight is 244 g/mol. The molecule has 1 fully saturated rings. The maximum absolute atomic E-state index is 12.4. The topological polar surface area (TPSA) is 32.3 Å². The molecule has 4 heteroatoms. The molecular weight excluding hydrogens is 220 g/mol. The molecule has 1 rings (SSSR count). The van der Waals surface area contributed by atoms with E-state index in [-0.39, 0.29) is 5.41 Å². The Kier molecular flexibility index (Phi) is 5.62. The lowest BCUT2D eigenvalue weighted by Gasteiger charge is -2.38. The van der Waals surface area contributed by atoms with Crippen LogP contribution in [0.25, 0.3) is 0 Å². The maximum atomic E-state index is 12.4. The van der Waals surface area contributed by atoms with Gasteiger partial charge in [-0.1, -0.05) is 6.92 Å². The van der Waals surface area contributed by atoms with Crippen LogP contribution in [0.1, 0.15) is 26.2 Å². The SMILES string of the molecule is CCC1(C(=O)N(C)CCSC)CCNCC1. The van der Waals surface area contributed by atoms with Crippen LogP contribution < -0.4 is 5.32 Å². The number of nitrogens with zero attached hydrogens (tertiary/aromatic N) is 1. The molecule has 16 heavy (non-hydrogen) atoms. The minimum atomic E-state index is -0.0849.